The number of nitrogens with one attached hydrogen (secondary N) is 1. The van der Waals surface area contributed by atoms with Gasteiger partial charge < -0.3 is 10.2 Å². The molecule has 0 aliphatic heterocycles. The van der Waals surface area contributed by atoms with Gasteiger partial charge in [0.05, 0.1) is 6.20 Å². The highest BCUT2D eigenvalue weighted by atomic mass is 15.3. The fourth-order valence-electron chi connectivity index (χ4n) is 2.52. The Kier molecular flexibility index (Phi) is 6.44. The summed E-state index contributed by atoms with van der Waals surface area (Å²) >= 11 is 0. The standard InChI is InChI=1S/C16H27N5/c1-3-4-12-21(2)16-19-15(13-18-20-16)17-11-10-14-8-6-5-7-9-14/h8,13H,3-7,9-12H2,1-2H3,(H,17,19,20). The Morgan fingerprint density at radius 2 is 2.24 bits per heavy atom. The van der Waals surface area contributed by atoms with Crippen molar-refractivity contribution in [3.8, 4) is 0 Å². The maximum atomic E-state index is 4.53. The van der Waals surface area contributed by atoms with E-state index in [1.54, 1.807) is 11.8 Å². The summed E-state index contributed by atoms with van der Waals surface area (Å²) < 4.78 is 0. The predicted octanol–water partition coefficient (Wildman–Crippen LogP) is 3.41. The smallest absolute Gasteiger partial charge is 0.247 e. The molecule has 21 heavy (non-hydrogen) atoms. The molecule has 0 fully saturated rings. The lowest BCUT2D eigenvalue weighted by atomic mass is 9.97. The summed E-state index contributed by atoms with van der Waals surface area (Å²) in [5, 5.41) is 11.5. The Hall–Kier alpha value is -1.65. The Morgan fingerprint density at radius 1 is 1.33 bits per heavy atom. The van der Waals surface area contributed by atoms with Crippen LogP contribution in [0.1, 0.15) is 51.9 Å². The summed E-state index contributed by atoms with van der Waals surface area (Å²) in [6.07, 6.45) is 12.7. The molecule has 2 rings (SSSR count). The molecule has 5 heteroatoms. The molecular weight excluding hydrogens is 262 g/mol. The van der Waals surface area contributed by atoms with E-state index in [9.17, 15) is 0 Å². The highest BCUT2D eigenvalue weighted by molar-refractivity contribution is 5.38. The first-order valence-corrected chi connectivity index (χ1v) is 8.12. The van der Waals surface area contributed by atoms with Crippen LogP contribution in [-0.4, -0.2) is 35.3 Å². The number of hydrogen-bond donors (Lipinski definition) is 1. The average Bonchev–Trinajstić information content (AvgIpc) is 2.54. The number of nitrogens with zero attached hydrogens (tertiary/aromatic N) is 4. The van der Waals surface area contributed by atoms with Crippen LogP contribution in [0.4, 0.5) is 11.8 Å². The molecule has 1 aliphatic rings. The molecule has 1 N–H and O–H groups in total. The molecule has 1 heterocycles. The SMILES string of the molecule is CCCCN(C)c1nncc(NCCC2=CCCCC2)n1. The van der Waals surface area contributed by atoms with Gasteiger partial charge in [0.25, 0.3) is 0 Å². The predicted molar refractivity (Wildman–Crippen MR) is 87.7 cm³/mol. The van der Waals surface area contributed by atoms with Crippen LogP contribution in [0, 0.1) is 0 Å². The van der Waals surface area contributed by atoms with E-state index in [0.29, 0.717) is 5.95 Å². The van der Waals surface area contributed by atoms with Gasteiger partial charge in [-0.1, -0.05) is 25.0 Å². The van der Waals surface area contributed by atoms with Crippen LogP contribution in [0.3, 0.4) is 0 Å². The van der Waals surface area contributed by atoms with E-state index < -0.39 is 0 Å². The van der Waals surface area contributed by atoms with E-state index in [2.05, 4.69) is 38.4 Å². The maximum Gasteiger partial charge on any atom is 0.247 e. The molecule has 0 saturated heterocycles. The summed E-state index contributed by atoms with van der Waals surface area (Å²) in [5.74, 6) is 1.52. The Bertz CT molecular complexity index is 458. The maximum absolute atomic E-state index is 4.53. The minimum Gasteiger partial charge on any atom is -0.368 e. The lowest BCUT2D eigenvalue weighted by Gasteiger charge is -2.17. The zero-order valence-corrected chi connectivity index (χ0v) is 13.3. The van der Waals surface area contributed by atoms with Crippen LogP contribution in [0.2, 0.25) is 0 Å². The number of unbranched alkanes of at least 4 members (excludes halogenated alkanes) is 1. The molecule has 1 aromatic heterocycles. The molecule has 0 aromatic carbocycles. The largest absolute Gasteiger partial charge is 0.368 e. The molecule has 1 aromatic rings. The fraction of sp³-hybridized carbons (Fsp3) is 0.688. The van der Waals surface area contributed by atoms with Crippen LogP contribution in [0.5, 0.6) is 0 Å². The molecule has 0 saturated carbocycles. The third-order valence-electron chi connectivity index (χ3n) is 3.87. The molecule has 0 spiro atoms. The van der Waals surface area contributed by atoms with E-state index in [0.717, 1.165) is 31.7 Å². The van der Waals surface area contributed by atoms with Crippen LogP contribution in [-0.2, 0) is 0 Å². The third-order valence-corrected chi connectivity index (χ3v) is 3.87. The van der Waals surface area contributed by atoms with E-state index in [4.69, 9.17) is 0 Å². The van der Waals surface area contributed by atoms with Crippen LogP contribution >= 0.6 is 0 Å². The molecule has 0 amide bonds. The lowest BCUT2D eigenvalue weighted by Crippen LogP contribution is -2.22. The monoisotopic (exact) mass is 289 g/mol. The molecule has 1 aliphatic carbocycles. The summed E-state index contributed by atoms with van der Waals surface area (Å²) in [7, 11) is 2.02. The van der Waals surface area contributed by atoms with Gasteiger partial charge >= 0.3 is 0 Å². The van der Waals surface area contributed by atoms with Crippen molar-refractivity contribution in [1.82, 2.24) is 15.2 Å². The lowest BCUT2D eigenvalue weighted by molar-refractivity contribution is 0.679. The van der Waals surface area contributed by atoms with Crippen molar-refractivity contribution in [1.29, 1.82) is 0 Å². The second-order valence-electron chi connectivity index (χ2n) is 5.70. The second-order valence-corrected chi connectivity index (χ2v) is 5.70. The Labute approximate surface area is 127 Å². The van der Waals surface area contributed by atoms with Gasteiger partial charge in [-0.15, -0.1) is 5.10 Å². The van der Waals surface area contributed by atoms with Crippen LogP contribution in [0.15, 0.2) is 17.8 Å². The van der Waals surface area contributed by atoms with Crippen molar-refractivity contribution in [3.63, 3.8) is 0 Å². The Balaban J connectivity index is 1.81. The first-order chi connectivity index (χ1) is 10.3. The summed E-state index contributed by atoms with van der Waals surface area (Å²) in [6, 6.07) is 0. The van der Waals surface area contributed by atoms with E-state index in [1.165, 1.54) is 32.1 Å². The molecule has 0 unspecified atom stereocenters. The Morgan fingerprint density at radius 3 is 3.00 bits per heavy atom. The van der Waals surface area contributed by atoms with E-state index >= 15 is 0 Å². The molecular formula is C16H27N5. The first kappa shape index (κ1) is 15.7. The van der Waals surface area contributed by atoms with Gasteiger partial charge in [0.15, 0.2) is 5.82 Å². The van der Waals surface area contributed by atoms with Crippen molar-refractivity contribution < 1.29 is 0 Å². The summed E-state index contributed by atoms with van der Waals surface area (Å²) in [4.78, 5) is 6.59. The number of anilines is 2. The van der Waals surface area contributed by atoms with Gasteiger partial charge in [-0.25, -0.2) is 0 Å². The van der Waals surface area contributed by atoms with Crippen LogP contribution in [0.25, 0.3) is 0 Å². The molecule has 116 valence electrons. The zero-order chi connectivity index (χ0) is 14.9. The van der Waals surface area contributed by atoms with Gasteiger partial charge in [-0.2, -0.15) is 10.1 Å². The van der Waals surface area contributed by atoms with Gasteiger partial charge in [-0.3, -0.25) is 0 Å². The van der Waals surface area contributed by atoms with Gasteiger partial charge in [0.2, 0.25) is 5.95 Å². The third kappa shape index (κ3) is 5.33. The normalized spacial score (nSPS) is 14.7. The second kappa shape index (κ2) is 8.60. The van der Waals surface area contributed by atoms with E-state index in [-0.39, 0.29) is 0 Å². The zero-order valence-electron chi connectivity index (χ0n) is 13.3. The van der Waals surface area contributed by atoms with Crippen molar-refractivity contribution in [2.24, 2.45) is 0 Å². The molecule has 0 radical (unpaired) electrons. The molecule has 0 bridgehead atoms. The molecule has 5 nitrogen and oxygen atoms in total. The van der Waals surface area contributed by atoms with Crippen molar-refractivity contribution in [2.45, 2.75) is 51.9 Å². The fourth-order valence-corrected chi connectivity index (χ4v) is 2.52. The van der Waals surface area contributed by atoms with Crippen molar-refractivity contribution in [3.05, 3.63) is 17.8 Å². The van der Waals surface area contributed by atoms with Gasteiger partial charge in [-0.05, 0) is 38.5 Å². The minimum absolute atomic E-state index is 0.699. The average molecular weight is 289 g/mol. The number of aromatic nitrogens is 3. The van der Waals surface area contributed by atoms with Crippen LogP contribution < -0.4 is 10.2 Å². The topological polar surface area (TPSA) is 53.9 Å². The quantitative estimate of drug-likeness (QED) is 0.743. The van der Waals surface area contributed by atoms with Crippen molar-refractivity contribution in [2.75, 3.05) is 30.4 Å². The number of hydrogen-bond acceptors (Lipinski definition) is 5. The van der Waals surface area contributed by atoms with E-state index in [1.807, 2.05) is 7.05 Å². The summed E-state index contributed by atoms with van der Waals surface area (Å²) in [5.41, 5.74) is 1.58. The minimum atomic E-state index is 0.699. The van der Waals surface area contributed by atoms with Gasteiger partial charge in [0.1, 0.15) is 0 Å². The highest BCUT2D eigenvalue weighted by Crippen LogP contribution is 2.20. The summed E-state index contributed by atoms with van der Waals surface area (Å²) in [6.45, 7) is 4.07. The first-order valence-electron chi connectivity index (χ1n) is 8.12. The van der Waals surface area contributed by atoms with Gasteiger partial charge in [0, 0.05) is 20.1 Å². The van der Waals surface area contributed by atoms with Crippen molar-refractivity contribution >= 4 is 11.8 Å². The number of allylic oxidation sites excluding steroid dienone is 1. The number of rotatable bonds is 8. The molecule has 0 atom stereocenters. The highest BCUT2D eigenvalue weighted by Gasteiger charge is 2.07.